The molecule has 1 N–H and O–H groups in total. The third kappa shape index (κ3) is 3.94. The maximum Gasteiger partial charge on any atom is 0.321 e. The third-order valence-corrected chi connectivity index (χ3v) is 6.97. The van der Waals surface area contributed by atoms with E-state index in [9.17, 15) is 4.79 Å². The van der Waals surface area contributed by atoms with Gasteiger partial charge in [-0.2, -0.15) is 0 Å². The largest absolute Gasteiger partial charge is 0.497 e. The van der Waals surface area contributed by atoms with E-state index >= 15 is 0 Å². The number of nitrogens with zero attached hydrogens (tertiary/aromatic N) is 5. The first-order chi connectivity index (χ1) is 17.6. The molecule has 0 bridgehead atoms. The second kappa shape index (κ2) is 9.03. The van der Waals surface area contributed by atoms with Crippen molar-refractivity contribution in [3.8, 4) is 17.0 Å². The van der Waals surface area contributed by atoms with Crippen molar-refractivity contribution in [3.63, 3.8) is 0 Å². The number of anilines is 1. The van der Waals surface area contributed by atoms with Crippen LogP contribution in [0.1, 0.15) is 24.6 Å². The van der Waals surface area contributed by atoms with E-state index in [4.69, 9.17) is 9.72 Å². The molecule has 0 radical (unpaired) electrons. The van der Waals surface area contributed by atoms with Gasteiger partial charge >= 0.3 is 6.03 Å². The minimum Gasteiger partial charge on any atom is -0.497 e. The lowest BCUT2D eigenvalue weighted by molar-refractivity contribution is 0.191. The van der Waals surface area contributed by atoms with Gasteiger partial charge in [-0.15, -0.1) is 0 Å². The lowest BCUT2D eigenvalue weighted by atomic mass is 9.97. The molecule has 2 aromatic carbocycles. The van der Waals surface area contributed by atoms with Gasteiger partial charge in [-0.3, -0.25) is 0 Å². The Morgan fingerprint density at radius 3 is 2.89 bits per heavy atom. The Balaban J connectivity index is 1.26. The van der Waals surface area contributed by atoms with E-state index in [0.29, 0.717) is 6.54 Å². The standard InChI is InChI=1S/C28H28N6O2/c1-32-18-29-23-16-21(11-12-24(23)32)30-28(35)33-13-6-8-20(17-33)27-31-26(25-10-3-4-14-34(25)27)19-7-5-9-22(15-19)36-2/h3-5,7,9-12,14-16,18,20H,6,8,13,17H2,1-2H3,(H,30,35)/t20-/m1/s1. The van der Waals surface area contributed by atoms with Crippen molar-refractivity contribution < 1.29 is 9.53 Å². The summed E-state index contributed by atoms with van der Waals surface area (Å²) in [7, 11) is 3.63. The molecule has 0 aliphatic carbocycles. The Morgan fingerprint density at radius 2 is 2.00 bits per heavy atom. The molecule has 1 aliphatic heterocycles. The summed E-state index contributed by atoms with van der Waals surface area (Å²) < 4.78 is 9.56. The van der Waals surface area contributed by atoms with Crippen molar-refractivity contribution in [2.45, 2.75) is 18.8 Å². The highest BCUT2D eigenvalue weighted by Crippen LogP contribution is 2.33. The number of rotatable bonds is 4. The van der Waals surface area contributed by atoms with E-state index in [-0.39, 0.29) is 11.9 Å². The monoisotopic (exact) mass is 480 g/mol. The third-order valence-electron chi connectivity index (χ3n) is 6.97. The number of hydrogen-bond donors (Lipinski definition) is 1. The van der Waals surface area contributed by atoms with Crippen LogP contribution < -0.4 is 10.1 Å². The number of piperidine rings is 1. The number of aromatic nitrogens is 4. The van der Waals surface area contributed by atoms with Gasteiger partial charge in [0, 0.05) is 43.5 Å². The molecule has 1 aliphatic rings. The van der Waals surface area contributed by atoms with Crippen LogP contribution in [-0.2, 0) is 7.05 Å². The highest BCUT2D eigenvalue weighted by Gasteiger charge is 2.29. The Morgan fingerprint density at radius 1 is 1.08 bits per heavy atom. The predicted molar refractivity (Wildman–Crippen MR) is 140 cm³/mol. The fraction of sp³-hybridized carbons (Fsp3) is 0.250. The van der Waals surface area contributed by atoms with Gasteiger partial charge in [-0.25, -0.2) is 14.8 Å². The first-order valence-electron chi connectivity index (χ1n) is 12.2. The number of nitrogens with one attached hydrogen (secondary N) is 1. The summed E-state index contributed by atoms with van der Waals surface area (Å²) >= 11 is 0. The summed E-state index contributed by atoms with van der Waals surface area (Å²) in [5.41, 5.74) is 5.63. The molecule has 8 heteroatoms. The molecule has 182 valence electrons. The lowest BCUT2D eigenvalue weighted by Crippen LogP contribution is -2.42. The highest BCUT2D eigenvalue weighted by molar-refractivity contribution is 5.92. The molecule has 6 rings (SSSR count). The summed E-state index contributed by atoms with van der Waals surface area (Å²) in [4.78, 5) is 24.6. The van der Waals surface area contributed by atoms with E-state index in [2.05, 4.69) is 33.0 Å². The van der Waals surface area contributed by atoms with Gasteiger partial charge in [-0.05, 0) is 55.3 Å². The summed E-state index contributed by atoms with van der Waals surface area (Å²) in [6, 6.07) is 19.9. The molecule has 1 fully saturated rings. The molecule has 5 aromatic rings. The molecule has 4 heterocycles. The van der Waals surface area contributed by atoms with Crippen LogP contribution in [0.25, 0.3) is 27.8 Å². The van der Waals surface area contributed by atoms with E-state index in [1.807, 2.05) is 65.0 Å². The smallest absolute Gasteiger partial charge is 0.321 e. The lowest BCUT2D eigenvalue weighted by Gasteiger charge is -2.32. The van der Waals surface area contributed by atoms with Crippen molar-refractivity contribution >= 4 is 28.3 Å². The van der Waals surface area contributed by atoms with E-state index in [1.165, 1.54) is 0 Å². The van der Waals surface area contributed by atoms with Gasteiger partial charge in [0.05, 0.1) is 35.7 Å². The van der Waals surface area contributed by atoms with Crippen molar-refractivity contribution in [1.82, 2.24) is 23.8 Å². The second-order valence-corrected chi connectivity index (χ2v) is 9.28. The van der Waals surface area contributed by atoms with E-state index in [0.717, 1.165) is 64.5 Å². The zero-order chi connectivity index (χ0) is 24.6. The van der Waals surface area contributed by atoms with Crippen LogP contribution in [0.5, 0.6) is 5.75 Å². The van der Waals surface area contributed by atoms with Crippen LogP contribution >= 0.6 is 0 Å². The van der Waals surface area contributed by atoms with Gasteiger partial charge < -0.3 is 23.9 Å². The molecule has 0 spiro atoms. The quantitative estimate of drug-likeness (QED) is 0.378. The van der Waals surface area contributed by atoms with E-state index in [1.54, 1.807) is 13.4 Å². The number of imidazole rings is 2. The van der Waals surface area contributed by atoms with Crippen LogP contribution in [0.3, 0.4) is 0 Å². The summed E-state index contributed by atoms with van der Waals surface area (Å²) in [6.07, 6.45) is 5.74. The molecule has 0 unspecified atom stereocenters. The summed E-state index contributed by atoms with van der Waals surface area (Å²) in [6.45, 7) is 1.34. The van der Waals surface area contributed by atoms with Crippen molar-refractivity contribution in [2.24, 2.45) is 7.05 Å². The van der Waals surface area contributed by atoms with Crippen molar-refractivity contribution in [3.05, 3.63) is 79.0 Å². The number of likely N-dealkylation sites (tertiary alicyclic amines) is 1. The predicted octanol–water partition coefficient (Wildman–Crippen LogP) is 5.31. The number of aryl methyl sites for hydroxylation is 1. The van der Waals surface area contributed by atoms with Gasteiger partial charge in [-0.1, -0.05) is 18.2 Å². The maximum absolute atomic E-state index is 13.2. The van der Waals surface area contributed by atoms with Crippen LogP contribution in [-0.4, -0.2) is 50.1 Å². The molecule has 3 aromatic heterocycles. The molecular weight excluding hydrogens is 452 g/mol. The number of carbonyl (C=O) groups is 1. The average Bonchev–Trinajstić information content (AvgIpc) is 3.49. The van der Waals surface area contributed by atoms with E-state index < -0.39 is 0 Å². The number of fused-ring (bicyclic) bond motifs is 2. The molecule has 1 atom stereocenters. The average molecular weight is 481 g/mol. The molecule has 1 saturated heterocycles. The van der Waals surface area contributed by atoms with Crippen LogP contribution in [0.4, 0.5) is 10.5 Å². The summed E-state index contributed by atoms with van der Waals surface area (Å²) in [5, 5.41) is 3.06. The maximum atomic E-state index is 13.2. The Bertz CT molecular complexity index is 1570. The first-order valence-corrected chi connectivity index (χ1v) is 12.2. The first kappa shape index (κ1) is 22.2. The number of hydrogen-bond acceptors (Lipinski definition) is 4. The number of amides is 2. The molecule has 2 amide bonds. The van der Waals surface area contributed by atoms with Gasteiger partial charge in [0.15, 0.2) is 0 Å². The molecule has 8 nitrogen and oxygen atoms in total. The van der Waals surface area contributed by atoms with Gasteiger partial charge in [0.2, 0.25) is 0 Å². The Hall–Kier alpha value is -4.33. The minimum absolute atomic E-state index is 0.0936. The topological polar surface area (TPSA) is 76.7 Å². The Kier molecular flexibility index (Phi) is 5.56. The normalized spacial score (nSPS) is 15.9. The minimum atomic E-state index is -0.0936. The van der Waals surface area contributed by atoms with Crippen LogP contribution in [0.2, 0.25) is 0 Å². The number of benzene rings is 2. The number of ether oxygens (including phenoxy) is 1. The van der Waals surface area contributed by atoms with Crippen molar-refractivity contribution in [1.29, 1.82) is 0 Å². The van der Waals surface area contributed by atoms with Gasteiger partial charge in [0.25, 0.3) is 0 Å². The second-order valence-electron chi connectivity index (χ2n) is 9.28. The van der Waals surface area contributed by atoms with Crippen LogP contribution in [0.15, 0.2) is 73.2 Å². The van der Waals surface area contributed by atoms with Gasteiger partial charge in [0.1, 0.15) is 11.6 Å². The zero-order valence-electron chi connectivity index (χ0n) is 20.4. The SMILES string of the molecule is COc1cccc(-c2nc([C@@H]3CCCN(C(=O)Nc4ccc5c(c4)ncn5C)C3)n3ccccc23)c1. The number of urea groups is 1. The number of pyridine rings is 1. The molecule has 0 saturated carbocycles. The summed E-state index contributed by atoms with van der Waals surface area (Å²) in [5.74, 6) is 1.92. The fourth-order valence-electron chi connectivity index (χ4n) is 5.12. The number of carbonyl (C=O) groups excluding carboxylic acids is 1. The zero-order valence-corrected chi connectivity index (χ0v) is 20.4. The molecule has 36 heavy (non-hydrogen) atoms. The highest BCUT2D eigenvalue weighted by atomic mass is 16.5. The Labute approximate surface area is 209 Å². The van der Waals surface area contributed by atoms with Crippen LogP contribution in [0, 0.1) is 0 Å². The number of methoxy groups -OCH3 is 1. The van der Waals surface area contributed by atoms with Crippen molar-refractivity contribution in [2.75, 3.05) is 25.5 Å². The fourth-order valence-corrected chi connectivity index (χ4v) is 5.12. The molecular formula is C28H28N6O2.